The highest BCUT2D eigenvalue weighted by Crippen LogP contribution is 2.36. The number of fused-ring (bicyclic) bond motifs is 1. The SMILES string of the molecule is CCOC(=O)C(=[N+]=[N-])[C@@H]1[C@H]2OC(C)(C)O[C@H]2CN1O. The molecule has 1 N–H and O–H groups in total. The van der Waals surface area contributed by atoms with Gasteiger partial charge in [0.05, 0.1) is 13.2 Å². The summed E-state index contributed by atoms with van der Waals surface area (Å²) in [6.45, 7) is 5.43. The van der Waals surface area contributed by atoms with E-state index in [4.69, 9.17) is 19.7 Å². The third-order valence-electron chi connectivity index (χ3n) is 3.09. The molecule has 0 aromatic carbocycles. The van der Waals surface area contributed by atoms with Gasteiger partial charge in [0.25, 0.3) is 0 Å². The highest BCUT2D eigenvalue weighted by atomic mass is 16.8. The lowest BCUT2D eigenvalue weighted by molar-refractivity contribution is -0.193. The van der Waals surface area contributed by atoms with Crippen molar-refractivity contribution >= 4 is 11.7 Å². The van der Waals surface area contributed by atoms with Gasteiger partial charge in [-0.2, -0.15) is 9.85 Å². The Morgan fingerprint density at radius 1 is 1.58 bits per heavy atom. The molecule has 8 heteroatoms. The largest absolute Gasteiger partial charge is 0.457 e. The Balaban J connectivity index is 2.23. The topological polar surface area (TPSA) is 105 Å². The van der Waals surface area contributed by atoms with Crippen molar-refractivity contribution in [3.63, 3.8) is 0 Å². The predicted molar refractivity (Wildman–Crippen MR) is 61.4 cm³/mol. The van der Waals surface area contributed by atoms with Crippen molar-refractivity contribution in [1.29, 1.82) is 0 Å². The molecule has 0 radical (unpaired) electrons. The van der Waals surface area contributed by atoms with E-state index in [1.807, 2.05) is 0 Å². The van der Waals surface area contributed by atoms with Gasteiger partial charge in [-0.25, -0.2) is 4.79 Å². The standard InChI is InChI=1S/C11H17N3O5/c1-4-17-10(15)7(13-12)8-9-6(5-14(8)16)18-11(2,3)19-9/h6,8-9,16H,4-5H2,1-3H3/t6-,8+,9-/m0/s1. The van der Waals surface area contributed by atoms with Gasteiger partial charge >= 0.3 is 11.7 Å². The lowest BCUT2D eigenvalue weighted by Crippen LogP contribution is -2.47. The number of hydrogen-bond acceptors (Lipinski definition) is 6. The summed E-state index contributed by atoms with van der Waals surface area (Å²) >= 11 is 0. The van der Waals surface area contributed by atoms with Crippen LogP contribution in [0.25, 0.3) is 5.53 Å². The average molecular weight is 271 g/mol. The molecule has 3 atom stereocenters. The Kier molecular flexibility index (Phi) is 3.71. The molecule has 2 aliphatic rings. The summed E-state index contributed by atoms with van der Waals surface area (Å²) in [5, 5.41) is 10.7. The van der Waals surface area contributed by atoms with Crippen LogP contribution in [-0.2, 0) is 19.0 Å². The molecule has 2 aliphatic heterocycles. The summed E-state index contributed by atoms with van der Waals surface area (Å²) in [5.74, 6) is -1.59. The molecular weight excluding hydrogens is 254 g/mol. The molecule has 106 valence electrons. The summed E-state index contributed by atoms with van der Waals surface area (Å²) in [7, 11) is 0. The fraction of sp³-hybridized carbons (Fsp3) is 0.818. The maximum Gasteiger partial charge on any atom is 0.418 e. The van der Waals surface area contributed by atoms with Crippen LogP contribution in [0.3, 0.4) is 0 Å². The second-order valence-electron chi connectivity index (χ2n) is 4.91. The Morgan fingerprint density at radius 2 is 2.26 bits per heavy atom. The highest BCUT2D eigenvalue weighted by molar-refractivity contribution is 6.36. The normalized spacial score (nSPS) is 32.7. The van der Waals surface area contributed by atoms with Crippen LogP contribution < -0.4 is 0 Å². The minimum Gasteiger partial charge on any atom is -0.457 e. The molecule has 0 spiro atoms. The molecule has 0 aromatic rings. The molecule has 2 saturated heterocycles. The van der Waals surface area contributed by atoms with E-state index in [-0.39, 0.29) is 18.9 Å². The van der Waals surface area contributed by atoms with Gasteiger partial charge in [-0.3, -0.25) is 0 Å². The molecule has 2 rings (SSSR count). The van der Waals surface area contributed by atoms with E-state index in [1.165, 1.54) is 0 Å². The number of rotatable bonds is 3. The molecule has 0 bridgehead atoms. The monoisotopic (exact) mass is 271 g/mol. The van der Waals surface area contributed by atoms with Gasteiger partial charge in [-0.05, 0) is 20.8 Å². The van der Waals surface area contributed by atoms with E-state index in [9.17, 15) is 10.0 Å². The van der Waals surface area contributed by atoms with Crippen LogP contribution >= 0.6 is 0 Å². The molecule has 0 unspecified atom stereocenters. The number of nitrogens with zero attached hydrogens (tertiary/aromatic N) is 3. The predicted octanol–water partition coefficient (Wildman–Crippen LogP) is -0.186. The Morgan fingerprint density at radius 3 is 2.84 bits per heavy atom. The van der Waals surface area contributed by atoms with Crippen LogP contribution in [0.2, 0.25) is 0 Å². The van der Waals surface area contributed by atoms with Crippen molar-refractivity contribution in [3.05, 3.63) is 5.53 Å². The molecule has 2 heterocycles. The van der Waals surface area contributed by atoms with E-state index in [1.54, 1.807) is 20.8 Å². The Hall–Kier alpha value is -1.31. The maximum atomic E-state index is 11.7. The molecule has 8 nitrogen and oxygen atoms in total. The van der Waals surface area contributed by atoms with Crippen molar-refractivity contribution in [1.82, 2.24) is 5.06 Å². The molecular formula is C11H17N3O5. The minimum atomic E-state index is -0.907. The quantitative estimate of drug-likeness (QED) is 0.330. The average Bonchev–Trinajstić information content (AvgIpc) is 2.73. The zero-order valence-corrected chi connectivity index (χ0v) is 11.1. The summed E-state index contributed by atoms with van der Waals surface area (Å²) in [6.07, 6.45) is -0.980. The summed E-state index contributed by atoms with van der Waals surface area (Å²) in [4.78, 5) is 14.7. The van der Waals surface area contributed by atoms with Crippen LogP contribution in [0, 0.1) is 0 Å². The van der Waals surface area contributed by atoms with E-state index < -0.39 is 30.0 Å². The van der Waals surface area contributed by atoms with Crippen molar-refractivity contribution < 1.29 is 29.0 Å². The molecule has 0 saturated carbocycles. The van der Waals surface area contributed by atoms with E-state index in [0.717, 1.165) is 5.06 Å². The fourth-order valence-electron chi connectivity index (χ4n) is 2.46. The highest BCUT2D eigenvalue weighted by Gasteiger charge is 2.58. The van der Waals surface area contributed by atoms with Crippen molar-refractivity contribution in [2.24, 2.45) is 0 Å². The third-order valence-corrected chi connectivity index (χ3v) is 3.09. The first-order valence-corrected chi connectivity index (χ1v) is 6.10. The van der Waals surface area contributed by atoms with Crippen LogP contribution in [-0.4, -0.2) is 63.9 Å². The number of ether oxygens (including phenoxy) is 3. The first kappa shape index (κ1) is 14.1. The molecule has 2 fully saturated rings. The van der Waals surface area contributed by atoms with Gasteiger partial charge in [0, 0.05) is 0 Å². The van der Waals surface area contributed by atoms with Crippen molar-refractivity contribution in [2.75, 3.05) is 13.2 Å². The minimum absolute atomic E-state index is 0.146. The smallest absolute Gasteiger partial charge is 0.418 e. The molecule has 19 heavy (non-hydrogen) atoms. The van der Waals surface area contributed by atoms with Crippen LogP contribution in [0.1, 0.15) is 20.8 Å². The van der Waals surface area contributed by atoms with Gasteiger partial charge < -0.3 is 24.9 Å². The molecule has 0 amide bonds. The van der Waals surface area contributed by atoms with Gasteiger partial charge in [0.1, 0.15) is 12.2 Å². The number of esters is 1. The zero-order chi connectivity index (χ0) is 14.2. The van der Waals surface area contributed by atoms with Gasteiger partial charge in [-0.15, -0.1) is 0 Å². The summed E-state index contributed by atoms with van der Waals surface area (Å²) < 4.78 is 16.0. The molecule has 0 aromatic heterocycles. The Labute approximate surface area is 110 Å². The zero-order valence-electron chi connectivity index (χ0n) is 11.1. The number of hydroxylamine groups is 2. The summed E-state index contributed by atoms with van der Waals surface area (Å²) in [6, 6.07) is -0.907. The van der Waals surface area contributed by atoms with E-state index in [0.29, 0.717) is 0 Å². The van der Waals surface area contributed by atoms with Crippen molar-refractivity contribution in [3.8, 4) is 0 Å². The maximum absolute atomic E-state index is 11.7. The summed E-state index contributed by atoms with van der Waals surface area (Å²) in [5.41, 5.74) is 8.71. The van der Waals surface area contributed by atoms with E-state index >= 15 is 0 Å². The lowest BCUT2D eigenvalue weighted by Gasteiger charge is -2.22. The second-order valence-corrected chi connectivity index (χ2v) is 4.91. The fourth-order valence-corrected chi connectivity index (χ4v) is 2.46. The van der Waals surface area contributed by atoms with Gasteiger partial charge in [0.15, 0.2) is 11.8 Å². The van der Waals surface area contributed by atoms with E-state index in [2.05, 4.69) is 4.79 Å². The van der Waals surface area contributed by atoms with Crippen LogP contribution in [0.15, 0.2) is 0 Å². The van der Waals surface area contributed by atoms with Crippen LogP contribution in [0.5, 0.6) is 0 Å². The first-order chi connectivity index (χ1) is 8.89. The third kappa shape index (κ3) is 2.54. The number of hydrogen-bond donors (Lipinski definition) is 1. The number of carbonyl (C=O) groups excluding carboxylic acids is 1. The second kappa shape index (κ2) is 4.99. The van der Waals surface area contributed by atoms with Gasteiger partial charge in [-0.1, -0.05) is 0 Å². The molecule has 0 aliphatic carbocycles. The Bertz CT molecular complexity index is 432. The van der Waals surface area contributed by atoms with Crippen molar-refractivity contribution in [2.45, 2.75) is 44.8 Å². The first-order valence-electron chi connectivity index (χ1n) is 6.10. The van der Waals surface area contributed by atoms with Gasteiger partial charge in [0.2, 0.25) is 0 Å². The van der Waals surface area contributed by atoms with Crippen LogP contribution in [0.4, 0.5) is 0 Å². The lowest BCUT2D eigenvalue weighted by atomic mass is 10.1. The number of carbonyl (C=O) groups is 1.